The highest BCUT2D eigenvalue weighted by Gasteiger charge is 2.12. The van der Waals surface area contributed by atoms with Gasteiger partial charge in [-0.25, -0.2) is 14.8 Å². The number of fused-ring (bicyclic) bond motifs is 1. The molecule has 0 aliphatic heterocycles. The third-order valence-corrected chi connectivity index (χ3v) is 2.75. The summed E-state index contributed by atoms with van der Waals surface area (Å²) in [5, 5.41) is 0.338. The highest BCUT2D eigenvalue weighted by atomic mass is 16.2. The third-order valence-electron chi connectivity index (χ3n) is 2.75. The average molecular weight is 261 g/mol. The van der Waals surface area contributed by atoms with Gasteiger partial charge in [0.15, 0.2) is 5.65 Å². The first-order valence-electron chi connectivity index (χ1n) is 5.69. The van der Waals surface area contributed by atoms with Gasteiger partial charge >= 0.3 is 5.69 Å². The average Bonchev–Trinajstić information content (AvgIpc) is 2.39. The van der Waals surface area contributed by atoms with Gasteiger partial charge < -0.3 is 4.90 Å². The second-order valence-corrected chi connectivity index (χ2v) is 4.44. The summed E-state index contributed by atoms with van der Waals surface area (Å²) in [5.41, 5.74) is 0.0345. The van der Waals surface area contributed by atoms with E-state index in [1.54, 1.807) is 24.4 Å². The summed E-state index contributed by atoms with van der Waals surface area (Å²) >= 11 is 0. The monoisotopic (exact) mass is 261 g/mol. The van der Waals surface area contributed by atoms with Gasteiger partial charge in [0.2, 0.25) is 0 Å². The van der Waals surface area contributed by atoms with Crippen LogP contribution in [-0.2, 0) is 14.1 Å². The lowest BCUT2D eigenvalue weighted by Crippen LogP contribution is -2.37. The van der Waals surface area contributed by atoms with Gasteiger partial charge in [0, 0.05) is 34.4 Å². The van der Waals surface area contributed by atoms with Crippen molar-refractivity contribution in [3.63, 3.8) is 0 Å². The lowest BCUT2D eigenvalue weighted by atomic mass is 10.3. The van der Waals surface area contributed by atoms with E-state index in [1.165, 1.54) is 17.8 Å². The van der Waals surface area contributed by atoms with E-state index < -0.39 is 11.2 Å². The summed E-state index contributed by atoms with van der Waals surface area (Å²) in [4.78, 5) is 34.1. The topological polar surface area (TPSA) is 72.5 Å². The molecule has 2 heterocycles. The molecule has 2 aromatic rings. The van der Waals surface area contributed by atoms with Crippen LogP contribution in [0.1, 0.15) is 0 Å². The van der Waals surface area contributed by atoms with Crippen LogP contribution >= 0.6 is 0 Å². The van der Waals surface area contributed by atoms with Crippen LogP contribution < -0.4 is 11.2 Å². The maximum atomic E-state index is 12.2. The van der Waals surface area contributed by atoms with Gasteiger partial charge in [-0.15, -0.1) is 0 Å². The SMILES string of the molecule is CN(C)/C=N/c1ccnc2c1c(=O)n(C)c(=O)n2C. The minimum absolute atomic E-state index is 0.335. The summed E-state index contributed by atoms with van der Waals surface area (Å²) < 4.78 is 2.39. The molecule has 0 saturated heterocycles. The summed E-state index contributed by atoms with van der Waals surface area (Å²) in [6, 6.07) is 1.65. The van der Waals surface area contributed by atoms with Crippen molar-refractivity contribution in [3.05, 3.63) is 33.1 Å². The molecule has 0 amide bonds. The van der Waals surface area contributed by atoms with Crippen molar-refractivity contribution in [3.8, 4) is 0 Å². The van der Waals surface area contributed by atoms with E-state index in [2.05, 4.69) is 9.98 Å². The van der Waals surface area contributed by atoms with Gasteiger partial charge in [0.1, 0.15) is 5.39 Å². The molecule has 0 N–H and O–H groups in total. The Bertz CT molecular complexity index is 770. The van der Waals surface area contributed by atoms with E-state index in [1.807, 2.05) is 14.1 Å². The normalized spacial score (nSPS) is 11.4. The van der Waals surface area contributed by atoms with Crippen LogP contribution in [0.15, 0.2) is 26.8 Å². The van der Waals surface area contributed by atoms with Crippen molar-refractivity contribution in [2.45, 2.75) is 0 Å². The second kappa shape index (κ2) is 4.68. The Morgan fingerprint density at radius 2 is 1.95 bits per heavy atom. The highest BCUT2D eigenvalue weighted by molar-refractivity contribution is 5.87. The lowest BCUT2D eigenvalue weighted by Gasteiger charge is -2.08. The van der Waals surface area contributed by atoms with Crippen LogP contribution in [0.5, 0.6) is 0 Å². The molecule has 100 valence electrons. The Kier molecular flexibility index (Phi) is 3.20. The first-order valence-corrected chi connectivity index (χ1v) is 5.69. The standard InChI is InChI=1S/C12H15N5O2/c1-15(2)7-14-8-5-6-13-10-9(8)11(18)17(4)12(19)16(10)3/h5-7H,1-4H3/b14-7+. The third kappa shape index (κ3) is 2.14. The van der Waals surface area contributed by atoms with Crippen molar-refractivity contribution in [1.29, 1.82) is 0 Å². The molecule has 0 aliphatic carbocycles. The van der Waals surface area contributed by atoms with Crippen LogP contribution in [-0.4, -0.2) is 39.5 Å². The Labute approximate surface area is 109 Å². The number of aromatic nitrogens is 3. The van der Waals surface area contributed by atoms with Crippen LogP contribution in [0.25, 0.3) is 11.0 Å². The molecule has 0 radical (unpaired) electrons. The molecule has 19 heavy (non-hydrogen) atoms. The Morgan fingerprint density at radius 1 is 1.26 bits per heavy atom. The van der Waals surface area contributed by atoms with Crippen LogP contribution in [0.3, 0.4) is 0 Å². The molecule has 0 unspecified atom stereocenters. The predicted octanol–water partition coefficient (Wildman–Crippen LogP) is -0.146. The van der Waals surface area contributed by atoms with E-state index >= 15 is 0 Å². The maximum absolute atomic E-state index is 12.2. The maximum Gasteiger partial charge on any atom is 0.332 e. The molecule has 0 atom stereocenters. The van der Waals surface area contributed by atoms with Gasteiger partial charge in [-0.3, -0.25) is 13.9 Å². The van der Waals surface area contributed by atoms with Crippen molar-refractivity contribution < 1.29 is 0 Å². The summed E-state index contributed by atoms with van der Waals surface area (Å²) in [7, 11) is 6.69. The number of hydrogen-bond donors (Lipinski definition) is 0. The molecule has 2 rings (SSSR count). The number of rotatable bonds is 2. The summed E-state index contributed by atoms with van der Waals surface area (Å²) in [6.07, 6.45) is 3.13. The summed E-state index contributed by atoms with van der Waals surface area (Å²) in [6.45, 7) is 0. The first-order chi connectivity index (χ1) is 8.93. The van der Waals surface area contributed by atoms with Crippen molar-refractivity contribution in [1.82, 2.24) is 19.0 Å². The zero-order valence-corrected chi connectivity index (χ0v) is 11.3. The minimum Gasteiger partial charge on any atom is -0.369 e. The number of nitrogens with zero attached hydrogens (tertiary/aromatic N) is 5. The zero-order valence-electron chi connectivity index (χ0n) is 11.3. The molecule has 0 fully saturated rings. The number of hydrogen-bond acceptors (Lipinski definition) is 4. The Balaban J connectivity index is 2.90. The molecule has 2 aromatic heterocycles. The van der Waals surface area contributed by atoms with E-state index in [0.29, 0.717) is 16.7 Å². The largest absolute Gasteiger partial charge is 0.369 e. The number of pyridine rings is 1. The smallest absolute Gasteiger partial charge is 0.332 e. The fourth-order valence-electron chi connectivity index (χ4n) is 1.76. The predicted molar refractivity (Wildman–Crippen MR) is 74.1 cm³/mol. The molecule has 0 aromatic carbocycles. The van der Waals surface area contributed by atoms with Crippen molar-refractivity contribution >= 4 is 23.1 Å². The van der Waals surface area contributed by atoms with Crippen LogP contribution in [0.2, 0.25) is 0 Å². The number of aliphatic imine (C=N–C) groups is 1. The Hall–Kier alpha value is -2.44. The van der Waals surface area contributed by atoms with Gasteiger partial charge in [0.25, 0.3) is 5.56 Å². The fraction of sp³-hybridized carbons (Fsp3) is 0.333. The molecule has 0 saturated carbocycles. The Morgan fingerprint density at radius 3 is 2.58 bits per heavy atom. The molecular formula is C12H15N5O2. The molecule has 7 nitrogen and oxygen atoms in total. The first kappa shape index (κ1) is 13.0. The summed E-state index contributed by atoms with van der Waals surface area (Å²) in [5.74, 6) is 0. The molecule has 7 heteroatoms. The van der Waals surface area contributed by atoms with Crippen LogP contribution in [0, 0.1) is 0 Å². The quantitative estimate of drug-likeness (QED) is 0.557. The second-order valence-electron chi connectivity index (χ2n) is 4.44. The fourth-order valence-corrected chi connectivity index (χ4v) is 1.76. The molecule has 0 bridgehead atoms. The number of aryl methyl sites for hydroxylation is 1. The van der Waals surface area contributed by atoms with Crippen molar-refractivity contribution in [2.75, 3.05) is 14.1 Å². The van der Waals surface area contributed by atoms with Crippen molar-refractivity contribution in [2.24, 2.45) is 19.1 Å². The molecule has 0 spiro atoms. The molecular weight excluding hydrogens is 246 g/mol. The van der Waals surface area contributed by atoms with Gasteiger partial charge in [-0.05, 0) is 6.07 Å². The van der Waals surface area contributed by atoms with E-state index in [0.717, 1.165) is 4.57 Å². The lowest BCUT2D eigenvalue weighted by molar-refractivity contribution is 0.643. The van der Waals surface area contributed by atoms with E-state index in [4.69, 9.17) is 0 Å². The van der Waals surface area contributed by atoms with Crippen LogP contribution in [0.4, 0.5) is 5.69 Å². The van der Waals surface area contributed by atoms with E-state index in [9.17, 15) is 9.59 Å². The molecule has 0 aliphatic rings. The highest BCUT2D eigenvalue weighted by Crippen LogP contribution is 2.19. The van der Waals surface area contributed by atoms with Gasteiger partial charge in [-0.2, -0.15) is 0 Å². The van der Waals surface area contributed by atoms with E-state index in [-0.39, 0.29) is 0 Å². The minimum atomic E-state index is -0.404. The van der Waals surface area contributed by atoms with Gasteiger partial charge in [0.05, 0.1) is 12.0 Å². The van der Waals surface area contributed by atoms with Gasteiger partial charge in [-0.1, -0.05) is 0 Å². The zero-order chi connectivity index (χ0) is 14.2.